The Morgan fingerprint density at radius 2 is 1.86 bits per heavy atom. The van der Waals surface area contributed by atoms with E-state index in [0.717, 1.165) is 25.7 Å². The van der Waals surface area contributed by atoms with Gasteiger partial charge in [-0.25, -0.2) is 8.78 Å². The molecule has 0 heterocycles. The maximum Gasteiger partial charge on any atom is 0.171 e. The minimum absolute atomic E-state index is 0.214. The normalized spacial score (nSPS) is 22.3. The summed E-state index contributed by atoms with van der Waals surface area (Å²) in [7, 11) is 0. The molecule has 0 radical (unpaired) electrons. The molecule has 1 saturated carbocycles. The van der Waals surface area contributed by atoms with Crippen LogP contribution in [0.15, 0.2) is 12.1 Å². The van der Waals surface area contributed by atoms with E-state index in [4.69, 9.17) is 0 Å². The Kier molecular flexibility index (Phi) is 5.49. The molecule has 0 N–H and O–H groups in total. The lowest BCUT2D eigenvalue weighted by Crippen LogP contribution is -2.24. The van der Waals surface area contributed by atoms with E-state index in [9.17, 15) is 13.6 Å². The largest absolute Gasteiger partial charge is 0.294 e. The van der Waals surface area contributed by atoms with Crippen LogP contribution in [0.5, 0.6) is 0 Å². The first kappa shape index (κ1) is 16.1. The van der Waals surface area contributed by atoms with E-state index in [1.54, 1.807) is 6.92 Å². The van der Waals surface area contributed by atoms with Crippen molar-refractivity contribution in [3.8, 4) is 0 Å². The molecule has 0 spiro atoms. The van der Waals surface area contributed by atoms with Gasteiger partial charge >= 0.3 is 0 Å². The number of aryl methyl sites for hydroxylation is 1. The van der Waals surface area contributed by atoms with Crippen molar-refractivity contribution < 1.29 is 13.6 Å². The zero-order valence-corrected chi connectivity index (χ0v) is 12.9. The molecule has 116 valence electrons. The van der Waals surface area contributed by atoms with Gasteiger partial charge in [0.05, 0.1) is 5.56 Å². The van der Waals surface area contributed by atoms with Gasteiger partial charge in [0.25, 0.3) is 0 Å². The van der Waals surface area contributed by atoms with Crippen molar-refractivity contribution >= 4 is 5.78 Å². The lowest BCUT2D eigenvalue weighted by atomic mass is 9.77. The zero-order chi connectivity index (χ0) is 15.4. The van der Waals surface area contributed by atoms with Crippen LogP contribution in [-0.2, 0) is 0 Å². The summed E-state index contributed by atoms with van der Waals surface area (Å²) < 4.78 is 27.9. The van der Waals surface area contributed by atoms with E-state index in [-0.39, 0.29) is 17.3 Å². The van der Waals surface area contributed by atoms with Crippen LogP contribution < -0.4 is 0 Å². The Bertz CT molecular complexity index is 502. The minimum Gasteiger partial charge on any atom is -0.294 e. The zero-order valence-electron chi connectivity index (χ0n) is 12.9. The first-order valence-electron chi connectivity index (χ1n) is 8.03. The maximum atomic E-state index is 14.1. The second-order valence-electron chi connectivity index (χ2n) is 6.28. The van der Waals surface area contributed by atoms with Crippen LogP contribution >= 0.6 is 0 Å². The first-order valence-corrected chi connectivity index (χ1v) is 8.03. The number of rotatable bonds is 5. The third kappa shape index (κ3) is 3.69. The maximum absolute atomic E-state index is 14.1. The number of benzene rings is 1. The molecule has 1 fully saturated rings. The van der Waals surface area contributed by atoms with Gasteiger partial charge in [-0.2, -0.15) is 0 Å². The van der Waals surface area contributed by atoms with Gasteiger partial charge in [0, 0.05) is 5.92 Å². The van der Waals surface area contributed by atoms with Gasteiger partial charge in [-0.1, -0.05) is 32.3 Å². The number of carbonyl (C=O) groups is 1. The predicted molar refractivity (Wildman–Crippen MR) is 80.4 cm³/mol. The van der Waals surface area contributed by atoms with Gasteiger partial charge in [0.1, 0.15) is 11.6 Å². The third-order valence-electron chi connectivity index (χ3n) is 4.71. The van der Waals surface area contributed by atoms with Crippen LogP contribution in [0.25, 0.3) is 0 Å². The monoisotopic (exact) mass is 294 g/mol. The fourth-order valence-electron chi connectivity index (χ4n) is 3.29. The first-order chi connectivity index (χ1) is 10.0. The van der Waals surface area contributed by atoms with Crippen molar-refractivity contribution in [2.75, 3.05) is 0 Å². The highest BCUT2D eigenvalue weighted by Gasteiger charge is 2.30. The van der Waals surface area contributed by atoms with Gasteiger partial charge in [-0.3, -0.25) is 4.79 Å². The summed E-state index contributed by atoms with van der Waals surface area (Å²) >= 11 is 0. The summed E-state index contributed by atoms with van der Waals surface area (Å²) in [4.78, 5) is 12.4. The van der Waals surface area contributed by atoms with Crippen molar-refractivity contribution in [1.29, 1.82) is 0 Å². The number of unbranched alkanes of at least 4 members (excludes halogenated alkanes) is 1. The Morgan fingerprint density at radius 3 is 2.48 bits per heavy atom. The van der Waals surface area contributed by atoms with E-state index in [1.165, 1.54) is 31.4 Å². The van der Waals surface area contributed by atoms with Crippen LogP contribution in [0, 0.1) is 30.4 Å². The summed E-state index contributed by atoms with van der Waals surface area (Å²) in [6.45, 7) is 3.74. The van der Waals surface area contributed by atoms with Crippen LogP contribution in [0.1, 0.15) is 67.8 Å². The number of halogens is 2. The van der Waals surface area contributed by atoms with Gasteiger partial charge < -0.3 is 0 Å². The van der Waals surface area contributed by atoms with E-state index < -0.39 is 11.6 Å². The van der Waals surface area contributed by atoms with Crippen LogP contribution in [0.4, 0.5) is 8.78 Å². The van der Waals surface area contributed by atoms with Crippen molar-refractivity contribution in [2.45, 2.75) is 58.8 Å². The van der Waals surface area contributed by atoms with E-state index >= 15 is 0 Å². The molecule has 0 atom stereocenters. The highest BCUT2D eigenvalue weighted by atomic mass is 19.1. The average molecular weight is 294 g/mol. The molecule has 0 saturated heterocycles. The summed E-state index contributed by atoms with van der Waals surface area (Å²) in [5.74, 6) is -1.29. The molecule has 1 aliphatic carbocycles. The Morgan fingerprint density at radius 1 is 1.19 bits per heavy atom. The topological polar surface area (TPSA) is 17.1 Å². The third-order valence-corrected chi connectivity index (χ3v) is 4.71. The summed E-state index contributed by atoms with van der Waals surface area (Å²) in [6.07, 6.45) is 7.17. The fourth-order valence-corrected chi connectivity index (χ4v) is 3.29. The Hall–Kier alpha value is -1.25. The minimum atomic E-state index is -0.726. The smallest absolute Gasteiger partial charge is 0.171 e. The lowest BCUT2D eigenvalue weighted by Gasteiger charge is -2.27. The second-order valence-corrected chi connectivity index (χ2v) is 6.28. The molecule has 0 amide bonds. The fraction of sp³-hybridized carbons (Fsp3) is 0.611. The molecule has 0 aromatic heterocycles. The molecule has 1 nitrogen and oxygen atoms in total. The number of hydrogen-bond acceptors (Lipinski definition) is 1. The number of hydrogen-bond donors (Lipinski definition) is 0. The number of ketones is 1. The Balaban J connectivity index is 2.04. The molecule has 1 aromatic carbocycles. The highest BCUT2D eigenvalue weighted by Crippen LogP contribution is 2.34. The number of Topliss-reactive ketones (excluding diaryl/α,β-unsaturated/α-hetero) is 1. The molecule has 0 unspecified atom stereocenters. The van der Waals surface area contributed by atoms with E-state index in [2.05, 4.69) is 6.92 Å². The molecule has 1 aromatic rings. The van der Waals surface area contributed by atoms with Crippen molar-refractivity contribution in [3.05, 3.63) is 34.9 Å². The van der Waals surface area contributed by atoms with Crippen molar-refractivity contribution in [3.63, 3.8) is 0 Å². The van der Waals surface area contributed by atoms with Crippen molar-refractivity contribution in [1.82, 2.24) is 0 Å². The summed E-state index contributed by atoms with van der Waals surface area (Å²) in [5, 5.41) is 0. The van der Waals surface area contributed by atoms with E-state index in [1.807, 2.05) is 0 Å². The molecular weight excluding hydrogens is 270 g/mol. The Labute approximate surface area is 125 Å². The quantitative estimate of drug-likeness (QED) is 0.660. The molecule has 3 heteroatoms. The molecule has 21 heavy (non-hydrogen) atoms. The van der Waals surface area contributed by atoms with Crippen LogP contribution in [0.2, 0.25) is 0 Å². The predicted octanol–water partition coefficient (Wildman–Crippen LogP) is 5.45. The molecule has 0 bridgehead atoms. The lowest BCUT2D eigenvalue weighted by molar-refractivity contribution is 0.0860. The number of carbonyl (C=O) groups excluding carboxylic acids is 1. The van der Waals surface area contributed by atoms with Crippen LogP contribution in [-0.4, -0.2) is 5.78 Å². The molecule has 1 aliphatic rings. The summed E-state index contributed by atoms with van der Waals surface area (Å²) in [6, 6.07) is 2.57. The summed E-state index contributed by atoms with van der Waals surface area (Å²) in [5.41, 5.74) is 0.00314. The highest BCUT2D eigenvalue weighted by molar-refractivity contribution is 5.98. The van der Waals surface area contributed by atoms with Crippen molar-refractivity contribution in [2.24, 2.45) is 11.8 Å². The van der Waals surface area contributed by atoms with Crippen LogP contribution in [0.3, 0.4) is 0 Å². The average Bonchev–Trinajstić information content (AvgIpc) is 2.49. The van der Waals surface area contributed by atoms with Gasteiger partial charge in [-0.15, -0.1) is 0 Å². The van der Waals surface area contributed by atoms with E-state index in [0.29, 0.717) is 11.5 Å². The second kappa shape index (κ2) is 7.15. The molecule has 2 rings (SSSR count). The standard InChI is InChI=1S/C18H24F2O/c1-3-4-5-13-7-9-14(10-8-13)18(21)16-15(19)11-6-12(2)17(16)20/h6,11,13-14H,3-5,7-10H2,1-2H3. The van der Waals surface area contributed by atoms with Gasteiger partial charge in [0.15, 0.2) is 5.78 Å². The van der Waals surface area contributed by atoms with Gasteiger partial charge in [0.2, 0.25) is 0 Å². The molecular formula is C18H24F2O. The SMILES string of the molecule is CCCCC1CCC(C(=O)c2c(F)ccc(C)c2F)CC1. The molecule has 0 aliphatic heterocycles. The van der Waals surface area contributed by atoms with Gasteiger partial charge in [-0.05, 0) is 50.2 Å².